The number of likely N-dealkylation sites (tertiary alicyclic amines) is 1. The summed E-state index contributed by atoms with van der Waals surface area (Å²) in [6.45, 7) is 5.47. The van der Waals surface area contributed by atoms with Crippen molar-refractivity contribution in [2.24, 2.45) is 5.92 Å². The summed E-state index contributed by atoms with van der Waals surface area (Å²) in [6.07, 6.45) is 5.79. The van der Waals surface area contributed by atoms with Gasteiger partial charge < -0.3 is 9.73 Å². The van der Waals surface area contributed by atoms with Gasteiger partial charge in [-0.15, -0.1) is 0 Å². The third kappa shape index (κ3) is 5.71. The number of aryl methyl sites for hydroxylation is 1. The summed E-state index contributed by atoms with van der Waals surface area (Å²) in [5, 5.41) is 2.95. The molecule has 1 unspecified atom stereocenters. The number of carbonyl (C=O) groups is 1. The van der Waals surface area contributed by atoms with Crippen molar-refractivity contribution < 1.29 is 9.21 Å². The molecule has 3 rings (SSSR count). The van der Waals surface area contributed by atoms with Crippen molar-refractivity contribution >= 4 is 5.91 Å². The molecule has 2 aromatic heterocycles. The molecule has 3 heterocycles. The number of rotatable bonds is 7. The Morgan fingerprint density at radius 2 is 2.28 bits per heavy atom. The summed E-state index contributed by atoms with van der Waals surface area (Å²) in [6, 6.07) is 9.89. The summed E-state index contributed by atoms with van der Waals surface area (Å²) in [7, 11) is 0. The van der Waals surface area contributed by atoms with Gasteiger partial charge in [0.1, 0.15) is 11.5 Å². The van der Waals surface area contributed by atoms with Gasteiger partial charge in [-0.05, 0) is 62.9 Å². The second-order valence-electron chi connectivity index (χ2n) is 6.89. The molecule has 5 heteroatoms. The molecule has 134 valence electrons. The Kier molecular flexibility index (Phi) is 6.23. The molecule has 0 aromatic carbocycles. The van der Waals surface area contributed by atoms with E-state index < -0.39 is 0 Å². The lowest BCUT2D eigenvalue weighted by Gasteiger charge is -2.32. The first-order valence-electron chi connectivity index (χ1n) is 9.13. The lowest BCUT2D eigenvalue weighted by molar-refractivity contribution is -0.121. The number of amides is 1. The number of aromatic nitrogens is 1. The topological polar surface area (TPSA) is 58.4 Å². The lowest BCUT2D eigenvalue weighted by Crippen LogP contribution is -2.35. The molecular formula is C20H27N3O2. The minimum atomic E-state index is 0.107. The normalized spacial score (nSPS) is 18.2. The third-order valence-corrected chi connectivity index (χ3v) is 4.75. The Labute approximate surface area is 149 Å². The van der Waals surface area contributed by atoms with E-state index >= 15 is 0 Å². The lowest BCUT2D eigenvalue weighted by atomic mass is 9.93. The predicted molar refractivity (Wildman–Crippen MR) is 96.8 cm³/mol. The average Bonchev–Trinajstić information content (AvgIpc) is 3.05. The highest BCUT2D eigenvalue weighted by Crippen LogP contribution is 2.22. The highest BCUT2D eigenvalue weighted by atomic mass is 16.3. The van der Waals surface area contributed by atoms with Gasteiger partial charge in [0.15, 0.2) is 0 Å². The number of nitrogens with one attached hydrogen (secondary N) is 1. The van der Waals surface area contributed by atoms with Crippen LogP contribution in [0, 0.1) is 12.8 Å². The SMILES string of the molecule is Cc1ccc(CNC(=O)CCC2CCCN(Cc3ccccn3)C2)o1. The second kappa shape index (κ2) is 8.81. The summed E-state index contributed by atoms with van der Waals surface area (Å²) in [4.78, 5) is 18.9. The fourth-order valence-corrected chi connectivity index (χ4v) is 3.44. The van der Waals surface area contributed by atoms with Gasteiger partial charge in [0, 0.05) is 25.7 Å². The van der Waals surface area contributed by atoms with Gasteiger partial charge in [0.25, 0.3) is 0 Å². The smallest absolute Gasteiger partial charge is 0.220 e. The van der Waals surface area contributed by atoms with Crippen LogP contribution in [-0.2, 0) is 17.9 Å². The molecule has 25 heavy (non-hydrogen) atoms. The monoisotopic (exact) mass is 341 g/mol. The van der Waals surface area contributed by atoms with Gasteiger partial charge in [-0.3, -0.25) is 14.7 Å². The number of pyridine rings is 1. The van der Waals surface area contributed by atoms with E-state index in [9.17, 15) is 4.79 Å². The summed E-state index contributed by atoms with van der Waals surface area (Å²) >= 11 is 0. The van der Waals surface area contributed by atoms with Crippen LogP contribution < -0.4 is 5.32 Å². The Morgan fingerprint density at radius 3 is 3.04 bits per heavy atom. The van der Waals surface area contributed by atoms with Gasteiger partial charge in [-0.25, -0.2) is 0 Å². The van der Waals surface area contributed by atoms with Crippen LogP contribution in [0.4, 0.5) is 0 Å². The predicted octanol–water partition coefficient (Wildman–Crippen LogP) is 3.29. The van der Waals surface area contributed by atoms with Crippen molar-refractivity contribution in [2.45, 2.75) is 45.7 Å². The zero-order valence-corrected chi connectivity index (χ0v) is 14.9. The van der Waals surface area contributed by atoms with E-state index in [1.807, 2.05) is 37.4 Å². The van der Waals surface area contributed by atoms with Crippen LogP contribution >= 0.6 is 0 Å². The van der Waals surface area contributed by atoms with Crippen molar-refractivity contribution in [3.8, 4) is 0 Å². The maximum absolute atomic E-state index is 12.1. The fraction of sp³-hybridized carbons (Fsp3) is 0.500. The summed E-state index contributed by atoms with van der Waals surface area (Å²) in [5.74, 6) is 2.38. The molecule has 1 fully saturated rings. The molecule has 0 radical (unpaired) electrons. The first-order chi connectivity index (χ1) is 12.2. The van der Waals surface area contributed by atoms with E-state index in [2.05, 4.69) is 21.3 Å². The van der Waals surface area contributed by atoms with Crippen molar-refractivity contribution in [1.82, 2.24) is 15.2 Å². The number of furan rings is 1. The van der Waals surface area contributed by atoms with E-state index in [4.69, 9.17) is 4.42 Å². The molecule has 1 N–H and O–H groups in total. The molecular weight excluding hydrogens is 314 g/mol. The van der Waals surface area contributed by atoms with Gasteiger partial charge in [-0.2, -0.15) is 0 Å². The van der Waals surface area contributed by atoms with Crippen LogP contribution in [0.1, 0.15) is 42.9 Å². The fourth-order valence-electron chi connectivity index (χ4n) is 3.44. The van der Waals surface area contributed by atoms with Crippen molar-refractivity contribution in [3.05, 3.63) is 53.7 Å². The van der Waals surface area contributed by atoms with Crippen LogP contribution in [0.25, 0.3) is 0 Å². The highest BCUT2D eigenvalue weighted by Gasteiger charge is 2.21. The van der Waals surface area contributed by atoms with E-state index in [0.29, 0.717) is 18.9 Å². The summed E-state index contributed by atoms with van der Waals surface area (Å²) in [5.41, 5.74) is 1.12. The summed E-state index contributed by atoms with van der Waals surface area (Å²) < 4.78 is 5.47. The Balaban J connectivity index is 1.38. The molecule has 1 amide bonds. The number of nitrogens with zero attached hydrogens (tertiary/aromatic N) is 2. The van der Waals surface area contributed by atoms with Gasteiger partial charge >= 0.3 is 0 Å². The third-order valence-electron chi connectivity index (χ3n) is 4.75. The number of carbonyl (C=O) groups excluding carboxylic acids is 1. The largest absolute Gasteiger partial charge is 0.465 e. The van der Waals surface area contributed by atoms with Crippen LogP contribution in [-0.4, -0.2) is 28.9 Å². The molecule has 1 aliphatic rings. The maximum atomic E-state index is 12.1. The van der Waals surface area contributed by atoms with Crippen molar-refractivity contribution in [3.63, 3.8) is 0 Å². The standard InChI is InChI=1S/C20H27N3O2/c1-16-7-9-19(25-16)13-22-20(24)10-8-17-5-4-12-23(14-17)15-18-6-2-3-11-21-18/h2-3,6-7,9,11,17H,4-5,8,10,12-15H2,1H3,(H,22,24). The minimum absolute atomic E-state index is 0.107. The average molecular weight is 341 g/mol. The molecule has 0 bridgehead atoms. The first-order valence-corrected chi connectivity index (χ1v) is 9.13. The molecule has 2 aromatic rings. The number of hydrogen-bond acceptors (Lipinski definition) is 4. The molecule has 0 aliphatic carbocycles. The van der Waals surface area contributed by atoms with Crippen molar-refractivity contribution in [2.75, 3.05) is 13.1 Å². The highest BCUT2D eigenvalue weighted by molar-refractivity contribution is 5.75. The molecule has 0 spiro atoms. The van der Waals surface area contributed by atoms with Crippen LogP contribution in [0.2, 0.25) is 0 Å². The first kappa shape index (κ1) is 17.7. The van der Waals surface area contributed by atoms with E-state index in [1.54, 1.807) is 0 Å². The zero-order chi connectivity index (χ0) is 17.5. The Morgan fingerprint density at radius 1 is 1.36 bits per heavy atom. The van der Waals surface area contributed by atoms with Crippen LogP contribution in [0.15, 0.2) is 40.9 Å². The quantitative estimate of drug-likeness (QED) is 0.839. The van der Waals surface area contributed by atoms with E-state index in [0.717, 1.165) is 43.3 Å². The molecule has 5 nitrogen and oxygen atoms in total. The molecule has 1 atom stereocenters. The van der Waals surface area contributed by atoms with Crippen LogP contribution in [0.3, 0.4) is 0 Å². The maximum Gasteiger partial charge on any atom is 0.220 e. The zero-order valence-electron chi connectivity index (χ0n) is 14.9. The van der Waals surface area contributed by atoms with Gasteiger partial charge in [0.05, 0.1) is 12.2 Å². The van der Waals surface area contributed by atoms with E-state index in [-0.39, 0.29) is 5.91 Å². The Bertz CT molecular complexity index is 669. The van der Waals surface area contributed by atoms with Crippen molar-refractivity contribution in [1.29, 1.82) is 0 Å². The minimum Gasteiger partial charge on any atom is -0.465 e. The second-order valence-corrected chi connectivity index (χ2v) is 6.89. The van der Waals surface area contributed by atoms with Crippen LogP contribution in [0.5, 0.6) is 0 Å². The number of hydrogen-bond donors (Lipinski definition) is 1. The number of piperidine rings is 1. The molecule has 1 aliphatic heterocycles. The molecule has 1 saturated heterocycles. The van der Waals surface area contributed by atoms with Gasteiger partial charge in [-0.1, -0.05) is 6.07 Å². The van der Waals surface area contributed by atoms with Gasteiger partial charge in [0.2, 0.25) is 5.91 Å². The van der Waals surface area contributed by atoms with E-state index in [1.165, 1.54) is 12.8 Å². The Hall–Kier alpha value is -2.14. The molecule has 0 saturated carbocycles.